The van der Waals surface area contributed by atoms with Gasteiger partial charge in [-0.1, -0.05) is 71.2 Å². The van der Waals surface area contributed by atoms with E-state index < -0.39 is 5.97 Å². The molecule has 1 heterocycles. The number of aliphatic hydroxyl groups excluding tert-OH is 1. The minimum absolute atomic E-state index is 0.0940. The number of carbonyl (C=O) groups is 1. The van der Waals surface area contributed by atoms with Gasteiger partial charge in [-0.25, -0.2) is 4.79 Å². The minimum atomic E-state index is -0.883. The van der Waals surface area contributed by atoms with Crippen LogP contribution in [0.3, 0.4) is 0 Å². The van der Waals surface area contributed by atoms with Gasteiger partial charge in [0.05, 0.1) is 33.5 Å². The standard InChI is InChI=1S/C29H28Cl3NO5/c1-15-11-16(29(35)36)5-7-18(15)20-13-21(20)19-8-6-17(12-25(19)32)37-14-22-26(9-10-34)38-33-28(22)27-23(30)3-2-4-24(27)31/h2-5,7,11-12,15,18,20-21,34H,6,8-10,13-14H2,1H3,(H,35,36). The summed E-state index contributed by atoms with van der Waals surface area (Å²) in [5.41, 5.74) is 3.36. The van der Waals surface area contributed by atoms with Gasteiger partial charge in [-0.3, -0.25) is 0 Å². The van der Waals surface area contributed by atoms with Crippen LogP contribution in [0.2, 0.25) is 10.0 Å². The molecule has 1 aromatic heterocycles. The highest BCUT2D eigenvalue weighted by atomic mass is 35.5. The first-order valence-corrected chi connectivity index (χ1v) is 13.8. The van der Waals surface area contributed by atoms with Crippen molar-refractivity contribution in [1.82, 2.24) is 5.16 Å². The van der Waals surface area contributed by atoms with Crippen LogP contribution in [0.15, 0.2) is 69.0 Å². The van der Waals surface area contributed by atoms with E-state index in [0.29, 0.717) is 61.0 Å². The lowest BCUT2D eigenvalue weighted by Crippen LogP contribution is -2.17. The molecular weight excluding hydrogens is 549 g/mol. The van der Waals surface area contributed by atoms with Crippen LogP contribution in [0.5, 0.6) is 0 Å². The molecule has 0 spiro atoms. The average molecular weight is 577 g/mol. The van der Waals surface area contributed by atoms with Gasteiger partial charge in [-0.15, -0.1) is 0 Å². The van der Waals surface area contributed by atoms with Crippen LogP contribution in [-0.4, -0.2) is 27.9 Å². The summed E-state index contributed by atoms with van der Waals surface area (Å²) in [5, 5.41) is 24.6. The zero-order valence-electron chi connectivity index (χ0n) is 20.8. The quantitative estimate of drug-likeness (QED) is 0.324. The van der Waals surface area contributed by atoms with E-state index in [-0.39, 0.29) is 25.6 Å². The Bertz CT molecular complexity index is 1350. The molecule has 3 aliphatic carbocycles. The number of carboxylic acid groups (broad SMARTS) is 1. The Morgan fingerprint density at radius 3 is 2.63 bits per heavy atom. The van der Waals surface area contributed by atoms with Crippen molar-refractivity contribution in [3.05, 3.63) is 85.8 Å². The molecule has 0 aliphatic heterocycles. The molecule has 3 aliphatic rings. The summed E-state index contributed by atoms with van der Waals surface area (Å²) in [6.07, 6.45) is 10.4. The SMILES string of the molecule is CC1C=C(C(=O)O)C=CC1C1CC1C1=C(Cl)C=C(OCc2c(-c3c(Cl)cccc3Cl)noc2CCO)CC1. The summed E-state index contributed by atoms with van der Waals surface area (Å²) in [7, 11) is 0. The summed E-state index contributed by atoms with van der Waals surface area (Å²) >= 11 is 19.6. The molecule has 1 saturated carbocycles. The van der Waals surface area contributed by atoms with Crippen molar-refractivity contribution in [1.29, 1.82) is 0 Å². The van der Waals surface area contributed by atoms with E-state index in [2.05, 4.69) is 12.1 Å². The number of allylic oxidation sites excluding steroid dienone is 6. The molecule has 2 N–H and O–H groups in total. The topological polar surface area (TPSA) is 92.8 Å². The second-order valence-corrected chi connectivity index (χ2v) is 11.2. The van der Waals surface area contributed by atoms with Crippen LogP contribution in [0.4, 0.5) is 0 Å². The number of carboxylic acids is 1. The maximum absolute atomic E-state index is 11.3. The highest BCUT2D eigenvalue weighted by molar-refractivity contribution is 6.39. The van der Waals surface area contributed by atoms with Gasteiger partial charge in [0, 0.05) is 23.4 Å². The summed E-state index contributed by atoms with van der Waals surface area (Å²) < 4.78 is 11.7. The van der Waals surface area contributed by atoms with Crippen molar-refractivity contribution in [3.8, 4) is 11.3 Å². The van der Waals surface area contributed by atoms with Gasteiger partial charge in [0.1, 0.15) is 18.1 Å². The van der Waals surface area contributed by atoms with Gasteiger partial charge >= 0.3 is 5.97 Å². The number of aromatic nitrogens is 1. The molecule has 9 heteroatoms. The fourth-order valence-electron chi connectivity index (χ4n) is 5.59. The normalized spacial score (nSPS) is 24.8. The van der Waals surface area contributed by atoms with E-state index in [9.17, 15) is 15.0 Å². The molecule has 4 atom stereocenters. The fourth-order valence-corrected chi connectivity index (χ4v) is 6.52. The molecule has 200 valence electrons. The van der Waals surface area contributed by atoms with Gasteiger partial charge in [0.15, 0.2) is 0 Å². The number of benzene rings is 1. The average Bonchev–Trinajstić information content (AvgIpc) is 3.56. The molecule has 1 aromatic carbocycles. The molecule has 1 fully saturated rings. The third-order valence-electron chi connectivity index (χ3n) is 7.62. The summed E-state index contributed by atoms with van der Waals surface area (Å²) in [6.45, 7) is 2.16. The van der Waals surface area contributed by atoms with Crippen LogP contribution < -0.4 is 0 Å². The molecule has 5 rings (SSSR count). The fraction of sp³-hybridized carbons (Fsp3) is 0.379. The summed E-state index contributed by atoms with van der Waals surface area (Å²) in [6, 6.07) is 5.23. The van der Waals surface area contributed by atoms with Crippen LogP contribution in [-0.2, 0) is 22.6 Å². The molecule has 38 heavy (non-hydrogen) atoms. The minimum Gasteiger partial charge on any atom is -0.493 e. The van der Waals surface area contributed by atoms with Crippen molar-refractivity contribution < 1.29 is 24.3 Å². The van der Waals surface area contributed by atoms with E-state index in [0.717, 1.165) is 25.0 Å². The second-order valence-electron chi connectivity index (χ2n) is 10.0. The van der Waals surface area contributed by atoms with Gasteiger partial charge in [-0.2, -0.15) is 0 Å². The predicted octanol–water partition coefficient (Wildman–Crippen LogP) is 7.34. The van der Waals surface area contributed by atoms with E-state index in [1.54, 1.807) is 24.3 Å². The first-order valence-electron chi connectivity index (χ1n) is 12.7. The largest absolute Gasteiger partial charge is 0.493 e. The zero-order chi connectivity index (χ0) is 27.0. The number of hydrogen-bond donors (Lipinski definition) is 2. The number of halogens is 3. The number of nitrogens with zero attached hydrogens (tertiary/aromatic N) is 1. The van der Waals surface area contributed by atoms with Crippen molar-refractivity contribution >= 4 is 40.8 Å². The Balaban J connectivity index is 1.29. The predicted molar refractivity (Wildman–Crippen MR) is 147 cm³/mol. The molecule has 0 amide bonds. The first kappa shape index (κ1) is 27.1. The Morgan fingerprint density at radius 2 is 1.97 bits per heavy atom. The second kappa shape index (κ2) is 11.3. The van der Waals surface area contributed by atoms with E-state index in [1.165, 1.54) is 5.57 Å². The smallest absolute Gasteiger partial charge is 0.335 e. The Morgan fingerprint density at radius 1 is 1.21 bits per heavy atom. The van der Waals surface area contributed by atoms with Crippen LogP contribution in [0, 0.1) is 23.7 Å². The number of hydrogen-bond acceptors (Lipinski definition) is 5. The molecular formula is C29H28Cl3NO5. The number of rotatable bonds is 9. The van der Waals surface area contributed by atoms with Crippen molar-refractivity contribution in [2.24, 2.45) is 23.7 Å². The molecule has 0 saturated heterocycles. The van der Waals surface area contributed by atoms with E-state index in [1.807, 2.05) is 18.2 Å². The van der Waals surface area contributed by atoms with Crippen LogP contribution in [0.1, 0.15) is 37.5 Å². The van der Waals surface area contributed by atoms with Gasteiger partial charge in [-0.05, 0) is 60.3 Å². The Labute approximate surface area is 236 Å². The number of aliphatic carboxylic acids is 1. The monoisotopic (exact) mass is 575 g/mol. The highest BCUT2D eigenvalue weighted by Gasteiger charge is 2.46. The molecule has 6 nitrogen and oxygen atoms in total. The Kier molecular flexibility index (Phi) is 8.06. The Hall–Kier alpha value is -2.51. The molecule has 0 bridgehead atoms. The summed E-state index contributed by atoms with van der Waals surface area (Å²) in [4.78, 5) is 11.3. The maximum atomic E-state index is 11.3. The lowest BCUT2D eigenvalue weighted by atomic mass is 9.82. The maximum Gasteiger partial charge on any atom is 0.335 e. The number of aliphatic hydroxyl groups is 1. The van der Waals surface area contributed by atoms with E-state index in [4.69, 9.17) is 44.1 Å². The van der Waals surface area contributed by atoms with E-state index >= 15 is 0 Å². The van der Waals surface area contributed by atoms with Gasteiger partial charge in [0.2, 0.25) is 0 Å². The molecule has 4 unspecified atom stereocenters. The lowest BCUT2D eigenvalue weighted by molar-refractivity contribution is -0.132. The number of ether oxygens (including phenoxy) is 1. The van der Waals surface area contributed by atoms with Crippen molar-refractivity contribution in [2.45, 2.75) is 39.2 Å². The van der Waals surface area contributed by atoms with Crippen molar-refractivity contribution in [2.75, 3.05) is 6.61 Å². The van der Waals surface area contributed by atoms with Crippen LogP contribution >= 0.6 is 34.8 Å². The molecule has 2 aromatic rings. The van der Waals surface area contributed by atoms with Gasteiger partial charge in [0.25, 0.3) is 0 Å². The zero-order valence-corrected chi connectivity index (χ0v) is 23.1. The third-order valence-corrected chi connectivity index (χ3v) is 8.60. The highest BCUT2D eigenvalue weighted by Crippen LogP contribution is 2.55. The van der Waals surface area contributed by atoms with Crippen LogP contribution in [0.25, 0.3) is 11.3 Å². The van der Waals surface area contributed by atoms with Gasteiger partial charge < -0.3 is 19.5 Å². The summed E-state index contributed by atoms with van der Waals surface area (Å²) in [5.74, 6) is 1.77. The van der Waals surface area contributed by atoms with Crippen molar-refractivity contribution in [3.63, 3.8) is 0 Å². The first-order chi connectivity index (χ1) is 18.3. The third kappa shape index (κ3) is 5.46. The lowest BCUT2D eigenvalue weighted by Gasteiger charge is -2.24. The molecule has 0 radical (unpaired) electrons.